The highest BCUT2D eigenvalue weighted by molar-refractivity contribution is 7.67. The van der Waals surface area contributed by atoms with Gasteiger partial charge in [-0.3, -0.25) is 9.36 Å². The molecular weight excluding hydrogens is 403 g/mol. The molecule has 3 aromatic carbocycles. The van der Waals surface area contributed by atoms with E-state index in [2.05, 4.69) is 9.34 Å². The molecule has 0 aliphatic carbocycles. The molecule has 1 saturated heterocycles. The van der Waals surface area contributed by atoms with Crippen LogP contribution in [0.2, 0.25) is 0 Å². The van der Waals surface area contributed by atoms with E-state index in [1.807, 2.05) is 91.9 Å². The molecule has 0 spiro atoms. The van der Waals surface area contributed by atoms with E-state index in [1.165, 1.54) is 0 Å². The topological polar surface area (TPSA) is 40.6 Å². The van der Waals surface area contributed by atoms with Gasteiger partial charge in [-0.1, -0.05) is 66.2 Å². The fraction of sp³-hybridized carbons (Fsp3) is 0.269. The Morgan fingerprint density at radius 3 is 1.77 bits per heavy atom. The van der Waals surface area contributed by atoms with Gasteiger partial charge in [0, 0.05) is 30.9 Å². The van der Waals surface area contributed by atoms with Crippen LogP contribution in [0.5, 0.6) is 0 Å². The average molecular weight is 433 g/mol. The Bertz CT molecular complexity index is 1020. The maximum atomic E-state index is 15.3. The predicted molar refractivity (Wildman–Crippen MR) is 129 cm³/mol. The standard InChI is InChI=1S/C26H29N2O2P/c1-21-14-16-23(17-15-21)26(20-22(2)29)31(30)27(24-10-5-3-6-11-24)18-9-19-28(31)25-12-7-4-8-13-25/h3-8,10-17,26H,9,18-20H2,1-2H3. The third kappa shape index (κ3) is 4.31. The summed E-state index contributed by atoms with van der Waals surface area (Å²) in [4.78, 5) is 12.4. The molecule has 160 valence electrons. The third-order valence-electron chi connectivity index (χ3n) is 5.89. The fourth-order valence-corrected chi connectivity index (χ4v) is 8.18. The molecule has 0 aromatic heterocycles. The summed E-state index contributed by atoms with van der Waals surface area (Å²) in [6, 6.07) is 28.1. The summed E-state index contributed by atoms with van der Waals surface area (Å²) < 4.78 is 19.5. The second-order valence-electron chi connectivity index (χ2n) is 8.19. The molecule has 1 heterocycles. The van der Waals surface area contributed by atoms with Crippen LogP contribution < -0.4 is 9.34 Å². The van der Waals surface area contributed by atoms with E-state index in [9.17, 15) is 4.79 Å². The molecule has 0 amide bonds. The molecular formula is C26H29N2O2P. The van der Waals surface area contributed by atoms with Crippen LogP contribution in [-0.4, -0.2) is 18.9 Å². The van der Waals surface area contributed by atoms with Crippen molar-refractivity contribution >= 4 is 24.6 Å². The molecule has 4 nitrogen and oxygen atoms in total. The fourth-order valence-electron chi connectivity index (χ4n) is 4.40. The first-order valence-corrected chi connectivity index (χ1v) is 12.5. The molecule has 4 rings (SSSR count). The number of ketones is 1. The van der Waals surface area contributed by atoms with E-state index in [1.54, 1.807) is 6.92 Å². The van der Waals surface area contributed by atoms with Crippen molar-refractivity contribution < 1.29 is 9.36 Å². The first-order valence-electron chi connectivity index (χ1n) is 10.8. The number of benzene rings is 3. The van der Waals surface area contributed by atoms with Gasteiger partial charge in [0.1, 0.15) is 5.78 Å². The van der Waals surface area contributed by atoms with Gasteiger partial charge in [0.25, 0.3) is 7.44 Å². The minimum atomic E-state index is -3.23. The Morgan fingerprint density at radius 2 is 1.32 bits per heavy atom. The normalized spacial score (nSPS) is 16.7. The summed E-state index contributed by atoms with van der Waals surface area (Å²) in [6.07, 6.45) is 1.14. The Kier molecular flexibility index (Phi) is 6.29. The lowest BCUT2D eigenvalue weighted by Crippen LogP contribution is -2.42. The second kappa shape index (κ2) is 9.11. The first kappa shape index (κ1) is 21.4. The van der Waals surface area contributed by atoms with Crippen LogP contribution in [0.15, 0.2) is 84.9 Å². The highest BCUT2D eigenvalue weighted by Gasteiger charge is 2.48. The summed E-state index contributed by atoms with van der Waals surface area (Å²) in [5.41, 5.74) is 3.56. The largest absolute Gasteiger partial charge is 0.306 e. The van der Waals surface area contributed by atoms with Gasteiger partial charge in [0.2, 0.25) is 0 Å². The number of hydrogen-bond acceptors (Lipinski definition) is 2. The minimum Gasteiger partial charge on any atom is -0.306 e. The smallest absolute Gasteiger partial charge is 0.270 e. The summed E-state index contributed by atoms with van der Waals surface area (Å²) in [7, 11) is -3.23. The van der Waals surface area contributed by atoms with E-state index in [-0.39, 0.29) is 12.2 Å². The monoisotopic (exact) mass is 432 g/mol. The van der Waals surface area contributed by atoms with Crippen molar-refractivity contribution in [2.45, 2.75) is 32.3 Å². The number of nitrogens with zero attached hydrogens (tertiary/aromatic N) is 2. The second-order valence-corrected chi connectivity index (χ2v) is 11.0. The Balaban J connectivity index is 1.92. The molecule has 5 heteroatoms. The van der Waals surface area contributed by atoms with Crippen molar-refractivity contribution in [2.24, 2.45) is 0 Å². The molecule has 1 atom stereocenters. The zero-order valence-electron chi connectivity index (χ0n) is 18.1. The maximum absolute atomic E-state index is 15.3. The number of anilines is 2. The van der Waals surface area contributed by atoms with Crippen molar-refractivity contribution in [1.82, 2.24) is 0 Å². The number of Topliss-reactive ketones (excluding diaryl/α,β-unsaturated/α-hetero) is 1. The Morgan fingerprint density at radius 1 is 0.839 bits per heavy atom. The predicted octanol–water partition coefficient (Wildman–Crippen LogP) is 6.63. The van der Waals surface area contributed by atoms with Crippen LogP contribution in [0.1, 0.15) is 36.6 Å². The van der Waals surface area contributed by atoms with Crippen molar-refractivity contribution in [1.29, 1.82) is 0 Å². The van der Waals surface area contributed by atoms with E-state index in [0.29, 0.717) is 13.1 Å². The summed E-state index contributed by atoms with van der Waals surface area (Å²) >= 11 is 0. The van der Waals surface area contributed by atoms with E-state index < -0.39 is 13.1 Å². The summed E-state index contributed by atoms with van der Waals surface area (Å²) in [6.45, 7) is 5.03. The van der Waals surface area contributed by atoms with Crippen LogP contribution in [0.4, 0.5) is 11.4 Å². The molecule has 31 heavy (non-hydrogen) atoms. The maximum Gasteiger partial charge on any atom is 0.270 e. The minimum absolute atomic E-state index is 0.0485. The molecule has 0 radical (unpaired) electrons. The van der Waals surface area contributed by atoms with Crippen LogP contribution in [0.3, 0.4) is 0 Å². The summed E-state index contributed by atoms with van der Waals surface area (Å²) in [5, 5.41) is 0. The lowest BCUT2D eigenvalue weighted by Gasteiger charge is -2.49. The molecule has 1 aliphatic heterocycles. The molecule has 0 bridgehead atoms. The zero-order valence-corrected chi connectivity index (χ0v) is 19.0. The van der Waals surface area contributed by atoms with E-state index >= 15 is 4.57 Å². The van der Waals surface area contributed by atoms with E-state index in [0.717, 1.165) is 28.9 Å². The Labute approximate surface area is 185 Å². The number of carbonyl (C=O) groups excluding carboxylic acids is 1. The van der Waals surface area contributed by atoms with Crippen LogP contribution >= 0.6 is 7.44 Å². The molecule has 0 saturated carbocycles. The zero-order chi connectivity index (χ0) is 21.8. The number of aryl methyl sites for hydroxylation is 1. The first-order chi connectivity index (χ1) is 15.0. The van der Waals surface area contributed by atoms with Crippen molar-refractivity contribution in [3.05, 3.63) is 96.1 Å². The SMILES string of the molecule is CC(=O)CC(c1ccc(C)cc1)P1(=O)N(c2ccccc2)CCCN1c1ccccc1. The molecule has 1 unspecified atom stereocenters. The van der Waals surface area contributed by atoms with Crippen molar-refractivity contribution in [2.75, 3.05) is 22.4 Å². The van der Waals surface area contributed by atoms with Gasteiger partial charge < -0.3 is 9.34 Å². The van der Waals surface area contributed by atoms with Crippen molar-refractivity contribution in [3.63, 3.8) is 0 Å². The van der Waals surface area contributed by atoms with Crippen LogP contribution in [0, 0.1) is 6.92 Å². The summed E-state index contributed by atoms with van der Waals surface area (Å²) in [5.74, 6) is 0.0485. The van der Waals surface area contributed by atoms with Gasteiger partial charge >= 0.3 is 0 Å². The highest BCUT2D eigenvalue weighted by Crippen LogP contribution is 2.68. The lowest BCUT2D eigenvalue weighted by molar-refractivity contribution is -0.117. The highest BCUT2D eigenvalue weighted by atomic mass is 31.2. The van der Waals surface area contributed by atoms with Crippen LogP contribution in [0.25, 0.3) is 0 Å². The average Bonchev–Trinajstić information content (AvgIpc) is 2.79. The molecule has 3 aromatic rings. The van der Waals surface area contributed by atoms with Gasteiger partial charge in [-0.2, -0.15) is 0 Å². The van der Waals surface area contributed by atoms with Gasteiger partial charge in [0.15, 0.2) is 0 Å². The molecule has 1 aliphatic rings. The van der Waals surface area contributed by atoms with Gasteiger partial charge in [-0.15, -0.1) is 0 Å². The molecule has 0 N–H and O–H groups in total. The lowest BCUT2D eigenvalue weighted by atomic mass is 10.1. The van der Waals surface area contributed by atoms with Gasteiger partial charge in [-0.25, -0.2) is 0 Å². The number of carbonyl (C=O) groups is 1. The van der Waals surface area contributed by atoms with E-state index in [4.69, 9.17) is 0 Å². The number of hydrogen-bond donors (Lipinski definition) is 0. The van der Waals surface area contributed by atoms with Gasteiger partial charge in [-0.05, 0) is 50.1 Å². The quantitative estimate of drug-likeness (QED) is 0.410. The molecule has 1 fully saturated rings. The van der Waals surface area contributed by atoms with Crippen molar-refractivity contribution in [3.8, 4) is 0 Å². The number of para-hydroxylation sites is 2. The number of rotatable bonds is 6. The Hall–Kier alpha value is -2.84. The third-order valence-corrected chi connectivity index (χ3v) is 9.43. The van der Waals surface area contributed by atoms with Gasteiger partial charge in [0.05, 0.1) is 5.66 Å². The van der Waals surface area contributed by atoms with Crippen LogP contribution in [-0.2, 0) is 9.36 Å².